The molecule has 0 amide bonds. The smallest absolute Gasteiger partial charge is 0.0505 e. The van der Waals surface area contributed by atoms with Gasteiger partial charge in [0.05, 0.1) is 5.02 Å². The summed E-state index contributed by atoms with van der Waals surface area (Å²) in [6.45, 7) is 0. The fraction of sp³-hybridized carbons (Fsp3) is 0. The van der Waals surface area contributed by atoms with Crippen molar-refractivity contribution in [1.82, 2.24) is 0 Å². The van der Waals surface area contributed by atoms with E-state index in [1.165, 1.54) is 0 Å². The van der Waals surface area contributed by atoms with E-state index in [1.54, 1.807) is 0 Å². The van der Waals surface area contributed by atoms with Gasteiger partial charge >= 0.3 is 0 Å². The molecule has 2 rings (SSSR count). The summed E-state index contributed by atoms with van der Waals surface area (Å²) >= 11 is 11.9. The van der Waals surface area contributed by atoms with Gasteiger partial charge in [0.2, 0.25) is 0 Å². The first-order valence-electron chi connectivity index (χ1n) is 4.48. The molecule has 3 heteroatoms. The molecule has 0 aliphatic carbocycles. The van der Waals surface area contributed by atoms with Crippen LogP contribution in [-0.4, -0.2) is 0 Å². The maximum Gasteiger partial charge on any atom is 0.0505 e. The molecule has 0 saturated carbocycles. The Hall–Kier alpha value is -1.18. The number of hydrogen-bond acceptors (Lipinski definition) is 1. The molecule has 0 atom stereocenters. The Labute approximate surface area is 98.4 Å². The van der Waals surface area contributed by atoms with Gasteiger partial charge in [0.25, 0.3) is 0 Å². The number of rotatable bonds is 1. The van der Waals surface area contributed by atoms with Gasteiger partial charge in [-0.25, -0.2) is 0 Å². The van der Waals surface area contributed by atoms with Crippen LogP contribution in [0, 0.1) is 0 Å². The Morgan fingerprint density at radius 2 is 1.53 bits per heavy atom. The number of hydrogen-bond donors (Lipinski definition) is 1. The van der Waals surface area contributed by atoms with Crippen molar-refractivity contribution in [2.24, 2.45) is 0 Å². The summed E-state index contributed by atoms with van der Waals surface area (Å²) in [4.78, 5) is 0. The van der Waals surface area contributed by atoms with Crippen molar-refractivity contribution in [3.8, 4) is 11.1 Å². The van der Waals surface area contributed by atoms with E-state index >= 15 is 0 Å². The van der Waals surface area contributed by atoms with E-state index in [2.05, 4.69) is 0 Å². The third-order valence-corrected chi connectivity index (χ3v) is 2.75. The highest BCUT2D eigenvalue weighted by molar-refractivity contribution is 6.34. The molecular weight excluding hydrogens is 229 g/mol. The average Bonchev–Trinajstić information content (AvgIpc) is 2.20. The normalized spacial score (nSPS) is 10.3. The molecule has 2 N–H and O–H groups in total. The predicted molar refractivity (Wildman–Crippen MR) is 66.3 cm³/mol. The zero-order valence-electron chi connectivity index (χ0n) is 7.87. The Morgan fingerprint density at radius 3 is 2.13 bits per heavy atom. The number of nitrogen functional groups attached to an aromatic ring is 1. The van der Waals surface area contributed by atoms with E-state index in [0.717, 1.165) is 11.1 Å². The van der Waals surface area contributed by atoms with Crippen LogP contribution >= 0.6 is 23.2 Å². The van der Waals surface area contributed by atoms with Gasteiger partial charge in [-0.05, 0) is 29.8 Å². The highest BCUT2D eigenvalue weighted by Gasteiger charge is 2.06. The standard InChI is InChI=1S/C12H9Cl2N/c13-9-6-4-8(5-7-9)12-10(14)2-1-3-11(12)15/h1-7H,15H2. The Morgan fingerprint density at radius 1 is 0.867 bits per heavy atom. The Kier molecular flexibility index (Phi) is 2.85. The minimum Gasteiger partial charge on any atom is -0.398 e. The number of nitrogens with two attached hydrogens (primary N) is 1. The molecule has 15 heavy (non-hydrogen) atoms. The lowest BCUT2D eigenvalue weighted by atomic mass is 10.0. The van der Waals surface area contributed by atoms with Crippen LogP contribution in [0.1, 0.15) is 0 Å². The van der Waals surface area contributed by atoms with Gasteiger partial charge in [0.1, 0.15) is 0 Å². The molecule has 0 radical (unpaired) electrons. The van der Waals surface area contributed by atoms with Gasteiger partial charge in [-0.2, -0.15) is 0 Å². The predicted octanol–water partition coefficient (Wildman–Crippen LogP) is 4.24. The van der Waals surface area contributed by atoms with Crippen molar-refractivity contribution in [3.63, 3.8) is 0 Å². The van der Waals surface area contributed by atoms with E-state index in [4.69, 9.17) is 28.9 Å². The lowest BCUT2D eigenvalue weighted by Crippen LogP contribution is -1.90. The third-order valence-electron chi connectivity index (χ3n) is 2.18. The van der Waals surface area contributed by atoms with Crippen molar-refractivity contribution < 1.29 is 0 Å². The second-order valence-corrected chi connectivity index (χ2v) is 4.05. The molecular formula is C12H9Cl2N. The summed E-state index contributed by atoms with van der Waals surface area (Å²) < 4.78 is 0. The number of halogens is 2. The zero-order valence-corrected chi connectivity index (χ0v) is 9.39. The van der Waals surface area contributed by atoms with Gasteiger partial charge < -0.3 is 5.73 Å². The fourth-order valence-corrected chi connectivity index (χ4v) is 1.88. The van der Waals surface area contributed by atoms with Gasteiger partial charge in [-0.15, -0.1) is 0 Å². The fourth-order valence-electron chi connectivity index (χ4n) is 1.46. The molecule has 1 nitrogen and oxygen atoms in total. The van der Waals surface area contributed by atoms with E-state index < -0.39 is 0 Å². The average molecular weight is 238 g/mol. The van der Waals surface area contributed by atoms with E-state index in [9.17, 15) is 0 Å². The summed E-state index contributed by atoms with van der Waals surface area (Å²) in [5, 5.41) is 1.35. The largest absolute Gasteiger partial charge is 0.398 e. The minimum atomic E-state index is 0.650. The second kappa shape index (κ2) is 4.13. The van der Waals surface area contributed by atoms with Gasteiger partial charge in [-0.3, -0.25) is 0 Å². The maximum absolute atomic E-state index is 6.09. The molecule has 0 aromatic heterocycles. The number of benzene rings is 2. The zero-order chi connectivity index (χ0) is 10.8. The molecule has 0 heterocycles. The van der Waals surface area contributed by atoms with Crippen LogP contribution in [0.4, 0.5) is 5.69 Å². The van der Waals surface area contributed by atoms with Crippen molar-refractivity contribution in [1.29, 1.82) is 0 Å². The highest BCUT2D eigenvalue weighted by atomic mass is 35.5. The first-order valence-corrected chi connectivity index (χ1v) is 5.24. The second-order valence-electron chi connectivity index (χ2n) is 3.21. The first kappa shape index (κ1) is 10.3. The summed E-state index contributed by atoms with van der Waals surface area (Å²) in [5.74, 6) is 0. The molecule has 0 spiro atoms. The van der Waals surface area contributed by atoms with E-state index in [0.29, 0.717) is 15.7 Å². The highest BCUT2D eigenvalue weighted by Crippen LogP contribution is 2.33. The maximum atomic E-state index is 6.09. The van der Waals surface area contributed by atoms with Crippen molar-refractivity contribution in [2.75, 3.05) is 5.73 Å². The monoisotopic (exact) mass is 237 g/mol. The lowest BCUT2D eigenvalue weighted by molar-refractivity contribution is 1.61. The summed E-state index contributed by atoms with van der Waals surface area (Å²) in [5.41, 5.74) is 8.38. The summed E-state index contributed by atoms with van der Waals surface area (Å²) in [7, 11) is 0. The molecule has 0 aliphatic heterocycles. The quantitative estimate of drug-likeness (QED) is 0.738. The van der Waals surface area contributed by atoms with Crippen molar-refractivity contribution >= 4 is 28.9 Å². The van der Waals surface area contributed by atoms with Crippen LogP contribution in [0.5, 0.6) is 0 Å². The van der Waals surface area contributed by atoms with Crippen LogP contribution < -0.4 is 5.73 Å². The van der Waals surface area contributed by atoms with Gasteiger partial charge in [-0.1, -0.05) is 41.4 Å². The molecule has 0 aliphatic rings. The van der Waals surface area contributed by atoms with Crippen LogP contribution in [-0.2, 0) is 0 Å². The van der Waals surface area contributed by atoms with E-state index in [1.807, 2.05) is 42.5 Å². The summed E-state index contributed by atoms with van der Waals surface area (Å²) in [6.07, 6.45) is 0. The van der Waals surface area contributed by atoms with Crippen LogP contribution in [0.3, 0.4) is 0 Å². The molecule has 2 aromatic carbocycles. The molecule has 0 bridgehead atoms. The SMILES string of the molecule is Nc1cccc(Cl)c1-c1ccc(Cl)cc1. The van der Waals surface area contributed by atoms with E-state index in [-0.39, 0.29) is 0 Å². The molecule has 2 aromatic rings. The van der Waals surface area contributed by atoms with Crippen LogP contribution in [0.2, 0.25) is 10.0 Å². The van der Waals surface area contributed by atoms with Crippen LogP contribution in [0.15, 0.2) is 42.5 Å². The van der Waals surface area contributed by atoms with Crippen LogP contribution in [0.25, 0.3) is 11.1 Å². The molecule has 0 fully saturated rings. The molecule has 0 saturated heterocycles. The number of anilines is 1. The molecule has 76 valence electrons. The topological polar surface area (TPSA) is 26.0 Å². The first-order chi connectivity index (χ1) is 7.18. The minimum absolute atomic E-state index is 0.650. The molecule has 0 unspecified atom stereocenters. The van der Waals surface area contributed by atoms with Crippen molar-refractivity contribution in [2.45, 2.75) is 0 Å². The summed E-state index contributed by atoms with van der Waals surface area (Å²) in [6, 6.07) is 12.9. The lowest BCUT2D eigenvalue weighted by Gasteiger charge is -2.07. The van der Waals surface area contributed by atoms with Crippen molar-refractivity contribution in [3.05, 3.63) is 52.5 Å². The van der Waals surface area contributed by atoms with Gasteiger partial charge in [0.15, 0.2) is 0 Å². The Bertz CT molecular complexity index is 457. The Balaban J connectivity index is 2.58. The van der Waals surface area contributed by atoms with Gasteiger partial charge in [0, 0.05) is 16.3 Å². The third kappa shape index (κ3) is 2.09.